The lowest BCUT2D eigenvalue weighted by atomic mass is 10.1. The molecule has 1 fully saturated rings. The number of amides is 2. The van der Waals surface area contributed by atoms with Crippen LogP contribution < -0.4 is 4.72 Å². The van der Waals surface area contributed by atoms with Crippen molar-refractivity contribution >= 4 is 16.1 Å². The molecule has 16 heavy (non-hydrogen) atoms. The van der Waals surface area contributed by atoms with Crippen LogP contribution in [0.2, 0.25) is 0 Å². The Bertz CT molecular complexity index is 321. The molecule has 0 unspecified atom stereocenters. The van der Waals surface area contributed by atoms with Crippen molar-refractivity contribution in [3.63, 3.8) is 0 Å². The number of urea groups is 1. The highest BCUT2D eigenvalue weighted by molar-refractivity contribution is 7.90. The lowest BCUT2D eigenvalue weighted by Gasteiger charge is -2.26. The van der Waals surface area contributed by atoms with E-state index in [9.17, 15) is 13.2 Å². The molecule has 0 aromatic carbocycles. The Labute approximate surface area is 97.2 Å². The Morgan fingerprint density at radius 3 is 2.44 bits per heavy atom. The number of unbranched alkanes of at least 4 members (excludes halogenated alkanes) is 1. The summed E-state index contributed by atoms with van der Waals surface area (Å²) < 4.78 is 25.1. The van der Waals surface area contributed by atoms with E-state index in [1.54, 1.807) is 4.90 Å². The molecule has 1 aliphatic heterocycles. The summed E-state index contributed by atoms with van der Waals surface area (Å²) in [5, 5.41) is 0. The average Bonchev–Trinajstić information content (AvgIpc) is 2.27. The minimum atomic E-state index is -3.43. The quantitative estimate of drug-likeness (QED) is 0.815. The summed E-state index contributed by atoms with van der Waals surface area (Å²) in [6.07, 6.45) is 4.43. The number of hydrogen-bond acceptors (Lipinski definition) is 3. The van der Waals surface area contributed by atoms with E-state index in [0.717, 1.165) is 25.7 Å². The van der Waals surface area contributed by atoms with Gasteiger partial charge in [-0.25, -0.2) is 17.9 Å². The number of nitrogens with one attached hydrogen (secondary N) is 1. The maximum Gasteiger partial charge on any atom is 0.331 e. The van der Waals surface area contributed by atoms with E-state index in [4.69, 9.17) is 0 Å². The number of piperidine rings is 1. The summed E-state index contributed by atoms with van der Waals surface area (Å²) in [5.74, 6) is 0.0308. The number of likely N-dealkylation sites (tertiary alicyclic amines) is 1. The zero-order chi connectivity index (χ0) is 12.0. The smallest absolute Gasteiger partial charge is 0.324 e. The third kappa shape index (κ3) is 4.38. The van der Waals surface area contributed by atoms with Gasteiger partial charge >= 0.3 is 6.03 Å². The first-order valence-corrected chi connectivity index (χ1v) is 7.50. The standard InChI is InChI=1S/C10H20N2O3S/c1-2-3-9-16(14,15)11-10(13)12-7-5-4-6-8-12/h2-9H2,1H3,(H,11,13). The van der Waals surface area contributed by atoms with E-state index >= 15 is 0 Å². The lowest BCUT2D eigenvalue weighted by Crippen LogP contribution is -2.45. The molecular formula is C10H20N2O3S. The second-order valence-corrected chi connectivity index (χ2v) is 5.97. The minimum Gasteiger partial charge on any atom is -0.324 e. The van der Waals surface area contributed by atoms with Gasteiger partial charge < -0.3 is 4.90 Å². The lowest BCUT2D eigenvalue weighted by molar-refractivity contribution is 0.192. The molecule has 1 N–H and O–H groups in total. The van der Waals surface area contributed by atoms with E-state index in [-0.39, 0.29) is 5.75 Å². The van der Waals surface area contributed by atoms with Crippen molar-refractivity contribution in [2.75, 3.05) is 18.8 Å². The van der Waals surface area contributed by atoms with Crippen LogP contribution in [0, 0.1) is 0 Å². The molecule has 0 aliphatic carbocycles. The number of carbonyl (C=O) groups excluding carboxylic acids is 1. The Kier molecular flexibility index (Phi) is 5.05. The topological polar surface area (TPSA) is 66.5 Å². The second kappa shape index (κ2) is 6.08. The Hall–Kier alpha value is -0.780. The molecule has 0 spiro atoms. The van der Waals surface area contributed by atoms with Gasteiger partial charge in [-0.15, -0.1) is 0 Å². The van der Waals surface area contributed by atoms with Crippen LogP contribution in [0.4, 0.5) is 4.79 Å². The molecular weight excluding hydrogens is 228 g/mol. The zero-order valence-corrected chi connectivity index (χ0v) is 10.6. The van der Waals surface area contributed by atoms with Gasteiger partial charge in [0.05, 0.1) is 5.75 Å². The highest BCUT2D eigenvalue weighted by Gasteiger charge is 2.20. The van der Waals surface area contributed by atoms with E-state index in [1.807, 2.05) is 6.92 Å². The Morgan fingerprint density at radius 1 is 1.25 bits per heavy atom. The van der Waals surface area contributed by atoms with Crippen LogP contribution in [0.15, 0.2) is 0 Å². The van der Waals surface area contributed by atoms with Crippen LogP contribution >= 0.6 is 0 Å². The van der Waals surface area contributed by atoms with Gasteiger partial charge in [0.15, 0.2) is 0 Å². The molecule has 5 nitrogen and oxygen atoms in total. The second-order valence-electron chi connectivity index (χ2n) is 4.13. The molecule has 1 rings (SSSR count). The number of rotatable bonds is 4. The first kappa shape index (κ1) is 13.3. The predicted octanol–water partition coefficient (Wildman–Crippen LogP) is 1.31. The Morgan fingerprint density at radius 2 is 1.88 bits per heavy atom. The fraction of sp³-hybridized carbons (Fsp3) is 0.900. The zero-order valence-electron chi connectivity index (χ0n) is 9.74. The molecule has 2 amide bonds. The first-order chi connectivity index (χ1) is 7.55. The largest absolute Gasteiger partial charge is 0.331 e. The molecule has 1 heterocycles. The highest BCUT2D eigenvalue weighted by atomic mass is 32.2. The molecule has 0 aromatic heterocycles. The summed E-state index contributed by atoms with van der Waals surface area (Å²) in [7, 11) is -3.43. The average molecular weight is 248 g/mol. The third-order valence-electron chi connectivity index (χ3n) is 2.65. The molecule has 1 aliphatic rings. The number of hydrogen-bond donors (Lipinski definition) is 1. The summed E-state index contributed by atoms with van der Waals surface area (Å²) >= 11 is 0. The summed E-state index contributed by atoms with van der Waals surface area (Å²) in [5.41, 5.74) is 0. The molecule has 0 aromatic rings. The maximum atomic E-state index is 11.6. The van der Waals surface area contributed by atoms with Crippen LogP contribution in [0.5, 0.6) is 0 Å². The molecule has 1 saturated heterocycles. The first-order valence-electron chi connectivity index (χ1n) is 5.84. The molecule has 94 valence electrons. The van der Waals surface area contributed by atoms with Crippen LogP contribution in [0.1, 0.15) is 39.0 Å². The van der Waals surface area contributed by atoms with E-state index in [2.05, 4.69) is 4.72 Å². The van der Waals surface area contributed by atoms with Crippen LogP contribution in [-0.2, 0) is 10.0 Å². The van der Waals surface area contributed by atoms with Gasteiger partial charge in [0.25, 0.3) is 0 Å². The van der Waals surface area contributed by atoms with Gasteiger partial charge in [-0.1, -0.05) is 13.3 Å². The molecule has 6 heteroatoms. The summed E-state index contributed by atoms with van der Waals surface area (Å²) in [4.78, 5) is 13.2. The SMILES string of the molecule is CCCCS(=O)(=O)NC(=O)N1CCCCC1. The molecule has 0 atom stereocenters. The summed E-state index contributed by atoms with van der Waals surface area (Å²) in [6, 6.07) is -0.462. The third-order valence-corrected chi connectivity index (χ3v) is 3.96. The fourth-order valence-corrected chi connectivity index (χ4v) is 2.85. The maximum absolute atomic E-state index is 11.6. The normalized spacial score (nSPS) is 17.2. The highest BCUT2D eigenvalue weighted by Crippen LogP contribution is 2.08. The van der Waals surface area contributed by atoms with Crippen LogP contribution in [0.3, 0.4) is 0 Å². The van der Waals surface area contributed by atoms with Gasteiger partial charge in [0.1, 0.15) is 0 Å². The van der Waals surface area contributed by atoms with Gasteiger partial charge in [0, 0.05) is 13.1 Å². The summed E-state index contributed by atoms with van der Waals surface area (Å²) in [6.45, 7) is 3.24. The van der Waals surface area contributed by atoms with E-state index in [0.29, 0.717) is 19.5 Å². The van der Waals surface area contributed by atoms with Crippen molar-refractivity contribution < 1.29 is 13.2 Å². The van der Waals surface area contributed by atoms with Crippen molar-refractivity contribution in [2.45, 2.75) is 39.0 Å². The van der Waals surface area contributed by atoms with Gasteiger partial charge in [-0.3, -0.25) is 0 Å². The van der Waals surface area contributed by atoms with Crippen LogP contribution in [-0.4, -0.2) is 38.2 Å². The van der Waals surface area contributed by atoms with Gasteiger partial charge in [-0.05, 0) is 25.7 Å². The van der Waals surface area contributed by atoms with Crippen LogP contribution in [0.25, 0.3) is 0 Å². The molecule has 0 saturated carbocycles. The van der Waals surface area contributed by atoms with Crippen molar-refractivity contribution in [3.05, 3.63) is 0 Å². The van der Waals surface area contributed by atoms with Crippen molar-refractivity contribution in [1.82, 2.24) is 9.62 Å². The number of carbonyl (C=O) groups is 1. The predicted molar refractivity (Wildman–Crippen MR) is 62.7 cm³/mol. The van der Waals surface area contributed by atoms with Gasteiger partial charge in [0.2, 0.25) is 10.0 Å². The van der Waals surface area contributed by atoms with E-state index in [1.165, 1.54) is 0 Å². The number of nitrogens with zero attached hydrogens (tertiary/aromatic N) is 1. The van der Waals surface area contributed by atoms with Crippen molar-refractivity contribution in [2.24, 2.45) is 0 Å². The van der Waals surface area contributed by atoms with E-state index < -0.39 is 16.1 Å². The Balaban J connectivity index is 2.43. The van der Waals surface area contributed by atoms with Gasteiger partial charge in [-0.2, -0.15) is 0 Å². The molecule has 0 radical (unpaired) electrons. The monoisotopic (exact) mass is 248 g/mol. The molecule has 0 bridgehead atoms. The number of sulfonamides is 1. The minimum absolute atomic E-state index is 0.0308. The fourth-order valence-electron chi connectivity index (χ4n) is 1.68. The van der Waals surface area contributed by atoms with Crippen molar-refractivity contribution in [3.8, 4) is 0 Å². The van der Waals surface area contributed by atoms with Crippen molar-refractivity contribution in [1.29, 1.82) is 0 Å².